The maximum absolute atomic E-state index is 6.28. The van der Waals surface area contributed by atoms with Gasteiger partial charge in [0.1, 0.15) is 0 Å². The summed E-state index contributed by atoms with van der Waals surface area (Å²) in [6.07, 6.45) is 3.67. The Morgan fingerprint density at radius 2 is 1.21 bits per heavy atom. The molecule has 0 atom stereocenters. The van der Waals surface area contributed by atoms with Gasteiger partial charge in [-0.15, -0.1) is 0 Å². The lowest BCUT2D eigenvalue weighted by atomic mass is 9.84. The van der Waals surface area contributed by atoms with Crippen LogP contribution in [0.25, 0.3) is 0 Å². The second kappa shape index (κ2) is 6.33. The van der Waals surface area contributed by atoms with Crippen molar-refractivity contribution in [2.75, 3.05) is 4.90 Å². The van der Waals surface area contributed by atoms with Crippen molar-refractivity contribution >= 4 is 17.3 Å². The Labute approximate surface area is 167 Å². The van der Waals surface area contributed by atoms with Crippen molar-refractivity contribution in [1.82, 2.24) is 9.97 Å². The molecule has 0 saturated carbocycles. The molecule has 0 bridgehead atoms. The summed E-state index contributed by atoms with van der Waals surface area (Å²) in [5.41, 5.74) is 7.07. The molecule has 144 valence electrons. The average molecular weight is 374 g/mol. The first-order chi connectivity index (χ1) is 13.2. The molecule has 0 amide bonds. The summed E-state index contributed by atoms with van der Waals surface area (Å²) in [5, 5.41) is 0. The molecule has 1 aliphatic heterocycles. The highest BCUT2D eigenvalue weighted by Gasteiger charge is 2.32. The topological polar surface area (TPSA) is 38.3 Å². The van der Waals surface area contributed by atoms with Gasteiger partial charge in [-0.05, 0) is 73.1 Å². The second-order valence-corrected chi connectivity index (χ2v) is 8.71. The van der Waals surface area contributed by atoms with Crippen LogP contribution in [0.15, 0.2) is 36.7 Å². The number of nitrogens with zero attached hydrogens (tertiary/aromatic N) is 3. The Bertz CT molecular complexity index is 1010. The quantitative estimate of drug-likeness (QED) is 0.377. The van der Waals surface area contributed by atoms with E-state index in [2.05, 4.69) is 75.5 Å². The van der Waals surface area contributed by atoms with E-state index < -0.39 is 0 Å². The minimum Gasteiger partial charge on any atom is -0.449 e. The third-order valence-electron chi connectivity index (χ3n) is 5.37. The van der Waals surface area contributed by atoms with Crippen LogP contribution in [0.2, 0.25) is 0 Å². The number of anilines is 3. The van der Waals surface area contributed by atoms with Gasteiger partial charge in [0, 0.05) is 12.4 Å². The monoisotopic (exact) mass is 373 g/mol. The summed E-state index contributed by atoms with van der Waals surface area (Å²) in [6.45, 7) is 15.2. The molecule has 0 saturated heterocycles. The van der Waals surface area contributed by atoms with E-state index in [1.54, 1.807) is 0 Å². The van der Waals surface area contributed by atoms with E-state index in [0.29, 0.717) is 0 Å². The largest absolute Gasteiger partial charge is 0.449 e. The van der Waals surface area contributed by atoms with E-state index in [-0.39, 0.29) is 5.41 Å². The molecule has 28 heavy (non-hydrogen) atoms. The van der Waals surface area contributed by atoms with Gasteiger partial charge in [-0.3, -0.25) is 4.90 Å². The fourth-order valence-electron chi connectivity index (χ4n) is 3.79. The molecule has 0 radical (unpaired) electrons. The predicted octanol–water partition coefficient (Wildman–Crippen LogP) is 6.58. The van der Waals surface area contributed by atoms with Crippen molar-refractivity contribution in [3.63, 3.8) is 0 Å². The van der Waals surface area contributed by atoms with E-state index in [1.807, 2.05) is 24.5 Å². The van der Waals surface area contributed by atoms with Gasteiger partial charge in [-0.2, -0.15) is 0 Å². The summed E-state index contributed by atoms with van der Waals surface area (Å²) in [5.74, 6) is 3.18. The standard InChI is InChI=1S/C24H27N3O/c1-14-8-10-25-22-20(14)28-21-15(2)9-11-26-23(21)27(22)19-16(3)12-18(13-17(19)4)24(5,6)7/h8-13H,1-7H3. The number of hydrogen-bond acceptors (Lipinski definition) is 4. The van der Waals surface area contributed by atoms with Crippen molar-refractivity contribution in [2.45, 2.75) is 53.9 Å². The molecule has 4 rings (SSSR count). The second-order valence-electron chi connectivity index (χ2n) is 8.71. The highest BCUT2D eigenvalue weighted by Crippen LogP contribution is 2.52. The molecule has 1 aromatic carbocycles. The average Bonchev–Trinajstić information content (AvgIpc) is 2.61. The van der Waals surface area contributed by atoms with Gasteiger partial charge in [0.15, 0.2) is 23.1 Å². The maximum atomic E-state index is 6.28. The van der Waals surface area contributed by atoms with Crippen molar-refractivity contribution < 1.29 is 4.74 Å². The molecule has 3 aromatic rings. The summed E-state index contributed by atoms with van der Waals surface area (Å²) >= 11 is 0. The van der Waals surface area contributed by atoms with Crippen LogP contribution in [-0.2, 0) is 5.41 Å². The Balaban J connectivity index is 2.02. The van der Waals surface area contributed by atoms with Crippen molar-refractivity contribution in [3.8, 4) is 11.5 Å². The third kappa shape index (κ3) is 2.84. The summed E-state index contributed by atoms with van der Waals surface area (Å²) in [4.78, 5) is 11.5. The van der Waals surface area contributed by atoms with E-state index >= 15 is 0 Å². The summed E-state index contributed by atoms with van der Waals surface area (Å²) in [6, 6.07) is 8.53. The highest BCUT2D eigenvalue weighted by molar-refractivity contribution is 5.86. The number of rotatable bonds is 1. The fourth-order valence-corrected chi connectivity index (χ4v) is 3.79. The predicted molar refractivity (Wildman–Crippen MR) is 114 cm³/mol. The molecular formula is C24H27N3O. The molecule has 0 spiro atoms. The molecule has 1 aliphatic rings. The molecule has 0 N–H and O–H groups in total. The number of aryl methyl sites for hydroxylation is 4. The van der Waals surface area contributed by atoms with Crippen LogP contribution in [0.4, 0.5) is 17.3 Å². The molecule has 2 aromatic heterocycles. The Kier molecular flexibility index (Phi) is 4.18. The van der Waals surface area contributed by atoms with Gasteiger partial charge in [-0.1, -0.05) is 32.9 Å². The van der Waals surface area contributed by atoms with Crippen LogP contribution in [0.3, 0.4) is 0 Å². The smallest absolute Gasteiger partial charge is 0.182 e. The van der Waals surface area contributed by atoms with Gasteiger partial charge in [-0.25, -0.2) is 9.97 Å². The van der Waals surface area contributed by atoms with E-state index in [9.17, 15) is 0 Å². The number of aromatic nitrogens is 2. The van der Waals surface area contributed by atoms with Crippen molar-refractivity contribution in [3.05, 3.63) is 64.5 Å². The van der Waals surface area contributed by atoms with Gasteiger partial charge in [0.2, 0.25) is 0 Å². The Morgan fingerprint density at radius 3 is 1.64 bits per heavy atom. The first-order valence-corrected chi connectivity index (χ1v) is 9.69. The Morgan fingerprint density at radius 1 is 0.750 bits per heavy atom. The number of benzene rings is 1. The van der Waals surface area contributed by atoms with Crippen LogP contribution in [0.1, 0.15) is 48.6 Å². The van der Waals surface area contributed by atoms with Gasteiger partial charge in [0.05, 0.1) is 5.69 Å². The summed E-state index contributed by atoms with van der Waals surface area (Å²) in [7, 11) is 0. The molecule has 3 heterocycles. The van der Waals surface area contributed by atoms with Gasteiger partial charge >= 0.3 is 0 Å². The van der Waals surface area contributed by atoms with Crippen LogP contribution in [0, 0.1) is 27.7 Å². The van der Waals surface area contributed by atoms with Crippen LogP contribution in [0.5, 0.6) is 11.5 Å². The zero-order chi connectivity index (χ0) is 20.2. The van der Waals surface area contributed by atoms with Crippen LogP contribution < -0.4 is 9.64 Å². The van der Waals surface area contributed by atoms with E-state index in [0.717, 1.165) is 39.9 Å². The molecule has 4 heteroatoms. The minimum atomic E-state index is 0.0958. The molecule has 0 unspecified atom stereocenters. The maximum Gasteiger partial charge on any atom is 0.182 e. The zero-order valence-corrected chi connectivity index (χ0v) is 17.7. The number of fused-ring (bicyclic) bond motifs is 2. The molecule has 0 aliphatic carbocycles. The first kappa shape index (κ1) is 18.5. The van der Waals surface area contributed by atoms with Crippen molar-refractivity contribution in [2.24, 2.45) is 0 Å². The lowest BCUT2D eigenvalue weighted by Gasteiger charge is -2.34. The zero-order valence-electron chi connectivity index (χ0n) is 17.7. The Hall–Kier alpha value is -2.88. The van der Waals surface area contributed by atoms with Crippen LogP contribution >= 0.6 is 0 Å². The normalized spacial score (nSPS) is 13.0. The first-order valence-electron chi connectivity index (χ1n) is 9.69. The number of hydrogen-bond donors (Lipinski definition) is 0. The summed E-state index contributed by atoms with van der Waals surface area (Å²) < 4.78 is 6.28. The van der Waals surface area contributed by atoms with Crippen molar-refractivity contribution in [1.29, 1.82) is 0 Å². The van der Waals surface area contributed by atoms with Gasteiger partial charge < -0.3 is 4.74 Å². The fraction of sp³-hybridized carbons (Fsp3) is 0.333. The molecule has 0 fully saturated rings. The minimum absolute atomic E-state index is 0.0958. The SMILES string of the molecule is Cc1ccnc2c1Oc1c(C)ccnc1N2c1c(C)cc(C(C)(C)C)cc1C. The lowest BCUT2D eigenvalue weighted by Crippen LogP contribution is -2.22. The highest BCUT2D eigenvalue weighted by atomic mass is 16.5. The van der Waals surface area contributed by atoms with E-state index in [4.69, 9.17) is 4.74 Å². The number of pyridine rings is 2. The lowest BCUT2D eigenvalue weighted by molar-refractivity contribution is 0.463. The van der Waals surface area contributed by atoms with Crippen LogP contribution in [-0.4, -0.2) is 9.97 Å². The third-order valence-corrected chi connectivity index (χ3v) is 5.37. The number of ether oxygens (including phenoxy) is 1. The van der Waals surface area contributed by atoms with Gasteiger partial charge in [0.25, 0.3) is 0 Å². The molecule has 4 nitrogen and oxygen atoms in total. The molecular weight excluding hydrogens is 346 g/mol. The van der Waals surface area contributed by atoms with E-state index in [1.165, 1.54) is 16.7 Å².